The number of nitrogens with one attached hydrogen (secondary N) is 1. The fourth-order valence-corrected chi connectivity index (χ4v) is 2.27. The summed E-state index contributed by atoms with van der Waals surface area (Å²) < 4.78 is 0. The second kappa shape index (κ2) is 5.97. The maximum absolute atomic E-state index is 12.1. The fraction of sp³-hybridized carbons (Fsp3) is 0.818. The fourth-order valence-electron chi connectivity index (χ4n) is 2.27. The summed E-state index contributed by atoms with van der Waals surface area (Å²) >= 11 is 0. The van der Waals surface area contributed by atoms with E-state index < -0.39 is 17.4 Å². The van der Waals surface area contributed by atoms with Crippen molar-refractivity contribution in [3.05, 3.63) is 0 Å². The van der Waals surface area contributed by atoms with E-state index in [2.05, 4.69) is 5.32 Å². The van der Waals surface area contributed by atoms with E-state index in [1.54, 1.807) is 0 Å². The van der Waals surface area contributed by atoms with Gasteiger partial charge in [-0.25, -0.2) is 4.79 Å². The highest BCUT2D eigenvalue weighted by Crippen LogP contribution is 2.37. The SMILES string of the molecule is NCC1(C(=O)N[C@@H](CCO)C(=O)O)CCCC1. The third-order valence-electron chi connectivity index (χ3n) is 3.45. The number of carbonyl (C=O) groups is 2. The Kier molecular flexibility index (Phi) is 4.89. The Morgan fingerprint density at radius 1 is 1.35 bits per heavy atom. The molecule has 1 aliphatic rings. The van der Waals surface area contributed by atoms with Crippen molar-refractivity contribution in [1.82, 2.24) is 5.32 Å². The number of hydrogen-bond donors (Lipinski definition) is 4. The minimum Gasteiger partial charge on any atom is -0.480 e. The summed E-state index contributed by atoms with van der Waals surface area (Å²) in [6.45, 7) is -0.0306. The first-order valence-corrected chi connectivity index (χ1v) is 5.90. The molecule has 1 aliphatic carbocycles. The number of rotatable bonds is 6. The summed E-state index contributed by atoms with van der Waals surface area (Å²) in [7, 11) is 0. The van der Waals surface area contributed by atoms with Crippen LogP contribution in [0.2, 0.25) is 0 Å². The minimum absolute atomic E-state index is 0.0156. The van der Waals surface area contributed by atoms with Crippen LogP contribution in [0.3, 0.4) is 0 Å². The van der Waals surface area contributed by atoms with Crippen molar-refractivity contribution in [1.29, 1.82) is 0 Å². The van der Waals surface area contributed by atoms with Crippen LogP contribution in [0.4, 0.5) is 0 Å². The maximum atomic E-state index is 12.1. The van der Waals surface area contributed by atoms with E-state index in [4.69, 9.17) is 15.9 Å². The standard InChI is InChI=1S/C11H20N2O4/c12-7-11(4-1-2-5-11)10(17)13-8(3-6-14)9(15)16/h8,14H,1-7,12H2,(H,13,17)(H,15,16)/t8-/m0/s1. The summed E-state index contributed by atoms with van der Waals surface area (Å²) in [5, 5.41) is 20.1. The van der Waals surface area contributed by atoms with Gasteiger partial charge in [0.15, 0.2) is 0 Å². The Hall–Kier alpha value is -1.14. The molecule has 1 fully saturated rings. The Morgan fingerprint density at radius 2 is 1.94 bits per heavy atom. The molecule has 98 valence electrons. The number of hydrogen-bond acceptors (Lipinski definition) is 4. The number of aliphatic carboxylic acids is 1. The van der Waals surface area contributed by atoms with E-state index in [9.17, 15) is 9.59 Å². The summed E-state index contributed by atoms with van der Waals surface area (Å²) in [5.41, 5.74) is 5.03. The van der Waals surface area contributed by atoms with E-state index in [1.165, 1.54) is 0 Å². The minimum atomic E-state index is -1.13. The van der Waals surface area contributed by atoms with Crippen LogP contribution in [0.1, 0.15) is 32.1 Å². The molecule has 0 bridgehead atoms. The van der Waals surface area contributed by atoms with Gasteiger partial charge in [0.25, 0.3) is 0 Å². The predicted octanol–water partition coefficient (Wildman–Crippen LogP) is -0.543. The van der Waals surface area contributed by atoms with Gasteiger partial charge in [0.2, 0.25) is 5.91 Å². The Morgan fingerprint density at radius 3 is 2.35 bits per heavy atom. The van der Waals surface area contributed by atoms with Gasteiger partial charge in [-0.3, -0.25) is 4.79 Å². The first-order valence-electron chi connectivity index (χ1n) is 5.90. The van der Waals surface area contributed by atoms with Crippen molar-refractivity contribution in [2.45, 2.75) is 38.1 Å². The molecule has 1 amide bonds. The molecule has 0 aromatic heterocycles. The highest BCUT2D eigenvalue weighted by Gasteiger charge is 2.41. The van der Waals surface area contributed by atoms with Gasteiger partial charge in [0.05, 0.1) is 5.41 Å². The van der Waals surface area contributed by atoms with Crippen molar-refractivity contribution in [3.8, 4) is 0 Å². The zero-order chi connectivity index (χ0) is 12.9. The van der Waals surface area contributed by atoms with Crippen molar-refractivity contribution in [3.63, 3.8) is 0 Å². The Labute approximate surface area is 100 Å². The molecular formula is C11H20N2O4. The van der Waals surface area contributed by atoms with E-state index >= 15 is 0 Å². The van der Waals surface area contributed by atoms with Crippen molar-refractivity contribution < 1.29 is 19.8 Å². The molecule has 0 saturated heterocycles. The monoisotopic (exact) mass is 244 g/mol. The Bertz CT molecular complexity index is 287. The summed E-state index contributed by atoms with van der Waals surface area (Å²) in [5.74, 6) is -1.42. The first kappa shape index (κ1) is 13.9. The van der Waals surface area contributed by atoms with Crippen LogP contribution in [0.25, 0.3) is 0 Å². The van der Waals surface area contributed by atoms with Crippen LogP contribution in [-0.2, 0) is 9.59 Å². The predicted molar refractivity (Wildman–Crippen MR) is 61.2 cm³/mol. The molecule has 1 atom stereocenters. The van der Waals surface area contributed by atoms with E-state index in [0.29, 0.717) is 12.8 Å². The lowest BCUT2D eigenvalue weighted by Crippen LogP contribution is -2.50. The lowest BCUT2D eigenvalue weighted by Gasteiger charge is -2.27. The van der Waals surface area contributed by atoms with Gasteiger partial charge in [-0.15, -0.1) is 0 Å². The molecule has 0 heterocycles. The topological polar surface area (TPSA) is 113 Å². The molecule has 0 radical (unpaired) electrons. The zero-order valence-corrected chi connectivity index (χ0v) is 9.82. The van der Waals surface area contributed by atoms with Crippen LogP contribution in [-0.4, -0.2) is 41.3 Å². The molecule has 5 N–H and O–H groups in total. The number of amides is 1. The first-order chi connectivity index (χ1) is 8.05. The number of carboxylic acids is 1. The van der Waals surface area contributed by atoms with Gasteiger partial charge < -0.3 is 21.3 Å². The molecule has 0 aromatic carbocycles. The van der Waals surface area contributed by atoms with Gasteiger partial charge in [-0.1, -0.05) is 12.8 Å². The average molecular weight is 244 g/mol. The molecular weight excluding hydrogens is 224 g/mol. The molecule has 0 aromatic rings. The summed E-state index contributed by atoms with van der Waals surface area (Å²) in [6, 6.07) is -1.03. The summed E-state index contributed by atoms with van der Waals surface area (Å²) in [4.78, 5) is 22.9. The highest BCUT2D eigenvalue weighted by molar-refractivity contribution is 5.87. The number of nitrogens with two attached hydrogens (primary N) is 1. The van der Waals surface area contributed by atoms with Gasteiger partial charge in [0.1, 0.15) is 6.04 Å². The lowest BCUT2D eigenvalue weighted by atomic mass is 9.85. The largest absolute Gasteiger partial charge is 0.480 e. The normalized spacial score (nSPS) is 19.9. The highest BCUT2D eigenvalue weighted by atomic mass is 16.4. The van der Waals surface area contributed by atoms with Crippen LogP contribution in [0.5, 0.6) is 0 Å². The number of carbonyl (C=O) groups excluding carboxylic acids is 1. The molecule has 0 aliphatic heterocycles. The van der Waals surface area contributed by atoms with Crippen molar-refractivity contribution in [2.75, 3.05) is 13.2 Å². The third kappa shape index (κ3) is 3.17. The molecule has 1 rings (SSSR count). The van der Waals surface area contributed by atoms with Crippen molar-refractivity contribution >= 4 is 11.9 Å². The van der Waals surface area contributed by atoms with Crippen LogP contribution >= 0.6 is 0 Å². The second-order valence-electron chi connectivity index (χ2n) is 4.57. The third-order valence-corrected chi connectivity index (χ3v) is 3.45. The number of carboxylic acid groups (broad SMARTS) is 1. The van der Waals surface area contributed by atoms with E-state index in [1.807, 2.05) is 0 Å². The molecule has 6 nitrogen and oxygen atoms in total. The molecule has 1 saturated carbocycles. The number of aliphatic hydroxyl groups is 1. The molecule has 0 spiro atoms. The quantitative estimate of drug-likeness (QED) is 0.501. The van der Waals surface area contributed by atoms with Gasteiger partial charge in [0, 0.05) is 19.6 Å². The van der Waals surface area contributed by atoms with Crippen LogP contribution < -0.4 is 11.1 Å². The summed E-state index contributed by atoms with van der Waals surface area (Å²) in [6.07, 6.45) is 3.33. The second-order valence-corrected chi connectivity index (χ2v) is 4.57. The maximum Gasteiger partial charge on any atom is 0.326 e. The smallest absolute Gasteiger partial charge is 0.326 e. The van der Waals surface area contributed by atoms with Gasteiger partial charge in [-0.2, -0.15) is 0 Å². The average Bonchev–Trinajstić information content (AvgIpc) is 2.78. The van der Waals surface area contributed by atoms with E-state index in [-0.39, 0.29) is 25.5 Å². The number of aliphatic hydroxyl groups excluding tert-OH is 1. The van der Waals surface area contributed by atoms with E-state index in [0.717, 1.165) is 12.8 Å². The zero-order valence-electron chi connectivity index (χ0n) is 9.82. The van der Waals surface area contributed by atoms with Gasteiger partial charge in [-0.05, 0) is 12.8 Å². The Balaban J connectivity index is 2.65. The van der Waals surface area contributed by atoms with Crippen molar-refractivity contribution in [2.24, 2.45) is 11.1 Å². The van der Waals surface area contributed by atoms with Crippen LogP contribution in [0, 0.1) is 5.41 Å². The molecule has 17 heavy (non-hydrogen) atoms. The van der Waals surface area contributed by atoms with Crippen LogP contribution in [0.15, 0.2) is 0 Å². The lowest BCUT2D eigenvalue weighted by molar-refractivity contribution is -0.144. The molecule has 6 heteroatoms. The van der Waals surface area contributed by atoms with Gasteiger partial charge >= 0.3 is 5.97 Å². The molecule has 0 unspecified atom stereocenters.